The van der Waals surface area contributed by atoms with Crippen molar-refractivity contribution in [3.05, 3.63) is 58.0 Å². The van der Waals surface area contributed by atoms with Crippen molar-refractivity contribution in [1.82, 2.24) is 5.43 Å². The van der Waals surface area contributed by atoms with E-state index in [1.165, 1.54) is 18.4 Å². The molecule has 0 spiro atoms. The van der Waals surface area contributed by atoms with Gasteiger partial charge < -0.3 is 9.52 Å². The summed E-state index contributed by atoms with van der Waals surface area (Å²) in [5, 5.41) is 23.7. The molecule has 1 heterocycles. The molecule has 8 nitrogen and oxygen atoms in total. The average Bonchev–Trinajstić information content (AvgIpc) is 2.94. The minimum absolute atomic E-state index is 0.0745. The van der Waals surface area contributed by atoms with Crippen molar-refractivity contribution >= 4 is 17.8 Å². The molecule has 0 fully saturated rings. The van der Waals surface area contributed by atoms with Crippen LogP contribution in [-0.4, -0.2) is 22.2 Å². The van der Waals surface area contributed by atoms with E-state index in [1.807, 2.05) is 0 Å². The van der Waals surface area contributed by atoms with E-state index in [9.17, 15) is 20.0 Å². The van der Waals surface area contributed by atoms with E-state index < -0.39 is 10.8 Å². The Labute approximate surface area is 112 Å². The monoisotopic (exact) mass is 275 g/mol. The quantitative estimate of drug-likeness (QED) is 0.499. The molecule has 0 radical (unpaired) electrons. The molecule has 0 aliphatic carbocycles. The minimum Gasteiger partial charge on any atom is -0.507 e. The van der Waals surface area contributed by atoms with Crippen LogP contribution in [0.5, 0.6) is 5.75 Å². The van der Waals surface area contributed by atoms with Crippen LogP contribution in [0, 0.1) is 10.1 Å². The topological polar surface area (TPSA) is 118 Å². The van der Waals surface area contributed by atoms with E-state index in [-0.39, 0.29) is 22.8 Å². The van der Waals surface area contributed by atoms with E-state index >= 15 is 0 Å². The second-order valence-electron chi connectivity index (χ2n) is 3.68. The number of carbonyl (C=O) groups excluding carboxylic acids is 1. The predicted octanol–water partition coefficient (Wildman–Crippen LogP) is 1.66. The van der Waals surface area contributed by atoms with Gasteiger partial charge in [-0.25, -0.2) is 5.43 Å². The third-order valence-electron chi connectivity index (χ3n) is 2.34. The van der Waals surface area contributed by atoms with Crippen molar-refractivity contribution in [2.45, 2.75) is 0 Å². The zero-order valence-corrected chi connectivity index (χ0v) is 10.0. The fourth-order valence-corrected chi connectivity index (χ4v) is 1.38. The van der Waals surface area contributed by atoms with Crippen LogP contribution in [0.4, 0.5) is 5.69 Å². The number of aromatic hydroxyl groups is 1. The second kappa shape index (κ2) is 5.65. The van der Waals surface area contributed by atoms with Gasteiger partial charge in [-0.3, -0.25) is 14.9 Å². The van der Waals surface area contributed by atoms with E-state index in [2.05, 4.69) is 10.5 Å². The van der Waals surface area contributed by atoms with Crippen LogP contribution in [0.15, 0.2) is 46.1 Å². The smallest absolute Gasteiger partial charge is 0.307 e. The van der Waals surface area contributed by atoms with Gasteiger partial charge in [0.15, 0.2) is 5.76 Å². The Hall–Kier alpha value is -3.16. The van der Waals surface area contributed by atoms with E-state index in [4.69, 9.17) is 4.42 Å². The van der Waals surface area contributed by atoms with Crippen molar-refractivity contribution in [2.75, 3.05) is 0 Å². The number of nitro groups is 1. The number of phenolic OH excluding ortho intramolecular Hbond substituents is 1. The number of carbonyl (C=O) groups is 1. The maximum atomic E-state index is 11.5. The van der Waals surface area contributed by atoms with Crippen LogP contribution in [0.1, 0.15) is 16.1 Å². The summed E-state index contributed by atoms with van der Waals surface area (Å²) in [4.78, 5) is 21.5. The summed E-state index contributed by atoms with van der Waals surface area (Å²) in [6.07, 6.45) is 2.44. The van der Waals surface area contributed by atoms with Crippen LogP contribution in [0.2, 0.25) is 0 Å². The molecule has 1 aromatic carbocycles. The molecule has 8 heteroatoms. The Bertz CT molecular complexity index is 664. The first-order valence-electron chi connectivity index (χ1n) is 5.42. The van der Waals surface area contributed by atoms with Crippen LogP contribution >= 0.6 is 0 Å². The molecule has 0 bridgehead atoms. The zero-order chi connectivity index (χ0) is 14.5. The number of non-ortho nitro benzene ring substituents is 1. The lowest BCUT2D eigenvalue weighted by Gasteiger charge is -1.99. The van der Waals surface area contributed by atoms with Crippen molar-refractivity contribution in [3.63, 3.8) is 0 Å². The number of rotatable bonds is 4. The summed E-state index contributed by atoms with van der Waals surface area (Å²) in [5.41, 5.74) is 2.08. The third-order valence-corrected chi connectivity index (χ3v) is 2.34. The summed E-state index contributed by atoms with van der Waals surface area (Å²) in [5.74, 6) is -0.687. The average molecular weight is 275 g/mol. The lowest BCUT2D eigenvalue weighted by molar-refractivity contribution is -0.384. The van der Waals surface area contributed by atoms with Crippen LogP contribution < -0.4 is 5.43 Å². The lowest BCUT2D eigenvalue weighted by Crippen LogP contribution is -2.16. The number of nitro benzene ring substituents is 1. The number of hydrogen-bond donors (Lipinski definition) is 2. The van der Waals surface area contributed by atoms with Gasteiger partial charge in [0.2, 0.25) is 0 Å². The highest BCUT2D eigenvalue weighted by atomic mass is 16.6. The second-order valence-corrected chi connectivity index (χ2v) is 3.68. The van der Waals surface area contributed by atoms with Gasteiger partial charge in [0.05, 0.1) is 17.4 Å². The largest absolute Gasteiger partial charge is 0.507 e. The highest BCUT2D eigenvalue weighted by Gasteiger charge is 2.09. The normalized spacial score (nSPS) is 10.6. The van der Waals surface area contributed by atoms with Crippen LogP contribution in [0.3, 0.4) is 0 Å². The molecule has 2 aromatic rings. The third kappa shape index (κ3) is 2.99. The number of phenols is 1. The number of furan rings is 1. The fraction of sp³-hybridized carbons (Fsp3) is 0. The molecule has 0 unspecified atom stereocenters. The number of benzene rings is 1. The van der Waals surface area contributed by atoms with Gasteiger partial charge in [0.25, 0.3) is 5.69 Å². The Morgan fingerprint density at radius 3 is 2.90 bits per heavy atom. The number of nitrogens with one attached hydrogen (secondary N) is 1. The van der Waals surface area contributed by atoms with Crippen molar-refractivity contribution in [1.29, 1.82) is 0 Å². The SMILES string of the molecule is O=C(N/N=C\c1cc([N+](=O)[O-])ccc1O)c1ccco1. The molecule has 0 saturated carbocycles. The van der Waals surface area contributed by atoms with Crippen molar-refractivity contribution in [2.24, 2.45) is 5.10 Å². The Morgan fingerprint density at radius 2 is 2.25 bits per heavy atom. The van der Waals surface area contributed by atoms with E-state index in [0.717, 1.165) is 18.3 Å². The molecule has 1 amide bonds. The number of hydrazone groups is 1. The predicted molar refractivity (Wildman–Crippen MR) is 68.5 cm³/mol. The first-order valence-corrected chi connectivity index (χ1v) is 5.42. The molecular weight excluding hydrogens is 266 g/mol. The van der Waals surface area contributed by atoms with E-state index in [1.54, 1.807) is 6.07 Å². The molecule has 1 aromatic heterocycles. The molecule has 0 aliphatic heterocycles. The Balaban J connectivity index is 2.09. The highest BCUT2D eigenvalue weighted by Crippen LogP contribution is 2.21. The molecule has 0 saturated heterocycles. The minimum atomic E-state index is -0.599. The van der Waals surface area contributed by atoms with Crippen molar-refractivity contribution in [3.8, 4) is 5.75 Å². The molecule has 102 valence electrons. The molecule has 0 aliphatic rings. The number of amides is 1. The zero-order valence-electron chi connectivity index (χ0n) is 10.0. The fourth-order valence-electron chi connectivity index (χ4n) is 1.38. The molecule has 20 heavy (non-hydrogen) atoms. The van der Waals surface area contributed by atoms with Crippen molar-refractivity contribution < 1.29 is 19.2 Å². The molecule has 0 atom stereocenters. The van der Waals surface area contributed by atoms with Gasteiger partial charge in [0, 0.05) is 17.7 Å². The first-order chi connectivity index (χ1) is 9.58. The Morgan fingerprint density at radius 1 is 1.45 bits per heavy atom. The number of nitrogens with zero attached hydrogens (tertiary/aromatic N) is 2. The lowest BCUT2D eigenvalue weighted by atomic mass is 10.2. The number of hydrogen-bond acceptors (Lipinski definition) is 6. The van der Waals surface area contributed by atoms with E-state index in [0.29, 0.717) is 0 Å². The van der Waals surface area contributed by atoms with Crippen LogP contribution in [0.25, 0.3) is 0 Å². The maximum Gasteiger partial charge on any atom is 0.307 e. The molecular formula is C12H9N3O5. The molecule has 2 rings (SSSR count). The van der Waals surface area contributed by atoms with Gasteiger partial charge in [-0.15, -0.1) is 0 Å². The van der Waals surface area contributed by atoms with Gasteiger partial charge in [-0.2, -0.15) is 5.10 Å². The standard InChI is InChI=1S/C12H9N3O5/c16-10-4-3-9(15(18)19)6-8(10)7-13-14-12(17)11-2-1-5-20-11/h1-7,16H,(H,14,17)/b13-7-. The highest BCUT2D eigenvalue weighted by molar-refractivity contribution is 5.92. The summed E-state index contributed by atoms with van der Waals surface area (Å²) >= 11 is 0. The maximum absolute atomic E-state index is 11.5. The van der Waals surface area contributed by atoms with Crippen LogP contribution in [-0.2, 0) is 0 Å². The summed E-state index contributed by atoms with van der Waals surface area (Å²) in [7, 11) is 0. The first kappa shape index (κ1) is 13.3. The van der Waals surface area contributed by atoms with Gasteiger partial charge in [-0.05, 0) is 18.2 Å². The summed E-state index contributed by atoms with van der Waals surface area (Å²) in [6, 6.07) is 6.47. The van der Waals surface area contributed by atoms with Gasteiger partial charge in [-0.1, -0.05) is 0 Å². The van der Waals surface area contributed by atoms with Gasteiger partial charge in [0.1, 0.15) is 5.75 Å². The summed E-state index contributed by atoms with van der Waals surface area (Å²) in [6.45, 7) is 0. The molecule has 2 N–H and O–H groups in total. The van der Waals surface area contributed by atoms with Gasteiger partial charge >= 0.3 is 5.91 Å². The summed E-state index contributed by atoms with van der Waals surface area (Å²) < 4.78 is 4.85. The Kier molecular flexibility index (Phi) is 3.75.